The first-order valence-corrected chi connectivity index (χ1v) is 8.77. The zero-order valence-corrected chi connectivity index (χ0v) is 13.8. The molecule has 3 nitrogen and oxygen atoms in total. The Kier molecular flexibility index (Phi) is 4.55. The van der Waals surface area contributed by atoms with E-state index >= 15 is 0 Å². The van der Waals surface area contributed by atoms with Gasteiger partial charge in [0.15, 0.2) is 11.6 Å². The molecule has 24 heavy (non-hydrogen) atoms. The van der Waals surface area contributed by atoms with Crippen molar-refractivity contribution in [2.45, 2.75) is 9.79 Å². The number of hydrogen-bond donors (Lipinski definition) is 0. The molecule has 3 rings (SSSR count). The SMILES string of the molecule is O=S(=O)(c1ccccc1)c1ccc(Oc2c[c]cc(Cl)c2)c(F)c1. The van der Waals surface area contributed by atoms with E-state index in [9.17, 15) is 12.8 Å². The monoisotopic (exact) mass is 361 g/mol. The number of hydrogen-bond acceptors (Lipinski definition) is 3. The van der Waals surface area contributed by atoms with Gasteiger partial charge in [-0.2, -0.15) is 0 Å². The van der Waals surface area contributed by atoms with Crippen LogP contribution in [0.5, 0.6) is 11.5 Å². The zero-order valence-electron chi connectivity index (χ0n) is 12.2. The molecule has 0 aliphatic rings. The van der Waals surface area contributed by atoms with Gasteiger partial charge in [0.1, 0.15) is 5.75 Å². The van der Waals surface area contributed by atoms with Crippen molar-refractivity contribution in [3.63, 3.8) is 0 Å². The molecule has 0 spiro atoms. The number of sulfone groups is 1. The van der Waals surface area contributed by atoms with Crippen LogP contribution in [0, 0.1) is 11.9 Å². The minimum absolute atomic E-state index is 0.0994. The highest BCUT2D eigenvalue weighted by molar-refractivity contribution is 7.91. The van der Waals surface area contributed by atoms with Crippen LogP contribution < -0.4 is 4.74 Å². The van der Waals surface area contributed by atoms with Crippen LogP contribution in [0.1, 0.15) is 0 Å². The minimum atomic E-state index is -3.78. The molecule has 0 fully saturated rings. The van der Waals surface area contributed by atoms with Gasteiger partial charge >= 0.3 is 0 Å². The zero-order chi connectivity index (χ0) is 17.2. The van der Waals surface area contributed by atoms with Crippen molar-refractivity contribution in [3.8, 4) is 11.5 Å². The number of halogens is 2. The Morgan fingerprint density at radius 1 is 0.958 bits per heavy atom. The fourth-order valence-corrected chi connectivity index (χ4v) is 3.54. The van der Waals surface area contributed by atoms with Crippen LogP contribution in [-0.4, -0.2) is 8.42 Å². The van der Waals surface area contributed by atoms with Crippen molar-refractivity contribution in [1.82, 2.24) is 0 Å². The van der Waals surface area contributed by atoms with Gasteiger partial charge < -0.3 is 4.74 Å². The highest BCUT2D eigenvalue weighted by atomic mass is 35.5. The molecule has 0 atom stereocenters. The Bertz CT molecular complexity index is 973. The summed E-state index contributed by atoms with van der Waals surface area (Å²) in [5, 5.41) is 0.399. The van der Waals surface area contributed by atoms with Crippen LogP contribution in [-0.2, 0) is 9.84 Å². The van der Waals surface area contributed by atoms with Crippen LogP contribution >= 0.6 is 11.6 Å². The maximum Gasteiger partial charge on any atom is 0.206 e. The molecular formula is C18H11ClFO3S. The first kappa shape index (κ1) is 16.5. The second kappa shape index (κ2) is 6.63. The normalized spacial score (nSPS) is 11.2. The average Bonchev–Trinajstić information content (AvgIpc) is 2.57. The number of benzene rings is 3. The fraction of sp³-hybridized carbons (Fsp3) is 0. The van der Waals surface area contributed by atoms with Crippen LogP contribution in [0.2, 0.25) is 5.02 Å². The van der Waals surface area contributed by atoms with Gasteiger partial charge in [0.05, 0.1) is 9.79 Å². The first-order valence-electron chi connectivity index (χ1n) is 6.91. The van der Waals surface area contributed by atoms with Crippen molar-refractivity contribution in [3.05, 3.63) is 83.6 Å². The lowest BCUT2D eigenvalue weighted by molar-refractivity contribution is 0.440. The molecule has 3 aromatic rings. The minimum Gasteiger partial charge on any atom is -0.454 e. The number of ether oxygens (including phenoxy) is 1. The van der Waals surface area contributed by atoms with Crippen molar-refractivity contribution in [1.29, 1.82) is 0 Å². The molecule has 3 aromatic carbocycles. The summed E-state index contributed by atoms with van der Waals surface area (Å²) >= 11 is 5.82. The van der Waals surface area contributed by atoms with Gasteiger partial charge in [0.25, 0.3) is 0 Å². The van der Waals surface area contributed by atoms with E-state index in [-0.39, 0.29) is 15.5 Å². The van der Waals surface area contributed by atoms with E-state index in [0.717, 1.165) is 6.07 Å². The maximum absolute atomic E-state index is 14.2. The Labute approximate surface area is 144 Å². The van der Waals surface area contributed by atoms with E-state index in [1.54, 1.807) is 24.3 Å². The molecule has 6 heteroatoms. The first-order chi connectivity index (χ1) is 11.5. The van der Waals surface area contributed by atoms with Gasteiger partial charge in [-0.3, -0.25) is 0 Å². The lowest BCUT2D eigenvalue weighted by Gasteiger charge is -2.09. The third kappa shape index (κ3) is 3.42. The second-order valence-electron chi connectivity index (χ2n) is 4.90. The molecule has 0 N–H and O–H groups in total. The molecule has 0 saturated heterocycles. The molecular weight excluding hydrogens is 351 g/mol. The lowest BCUT2D eigenvalue weighted by atomic mass is 10.3. The smallest absolute Gasteiger partial charge is 0.206 e. The predicted molar refractivity (Wildman–Crippen MR) is 88.7 cm³/mol. The third-order valence-electron chi connectivity index (χ3n) is 3.22. The van der Waals surface area contributed by atoms with E-state index in [2.05, 4.69) is 6.07 Å². The fourth-order valence-electron chi connectivity index (χ4n) is 2.08. The Hall–Kier alpha value is -2.37. The molecule has 0 saturated carbocycles. The summed E-state index contributed by atoms with van der Waals surface area (Å²) in [6, 6.07) is 18.6. The molecule has 0 aliphatic carbocycles. The van der Waals surface area contributed by atoms with Crippen molar-refractivity contribution in [2.24, 2.45) is 0 Å². The second-order valence-corrected chi connectivity index (χ2v) is 7.28. The van der Waals surface area contributed by atoms with E-state index in [1.807, 2.05) is 0 Å². The molecule has 0 bridgehead atoms. The summed E-state index contributed by atoms with van der Waals surface area (Å²) in [7, 11) is -3.78. The molecule has 0 aliphatic heterocycles. The summed E-state index contributed by atoms with van der Waals surface area (Å²) in [6.07, 6.45) is 0. The molecule has 0 amide bonds. The van der Waals surface area contributed by atoms with Gasteiger partial charge in [0.2, 0.25) is 9.84 Å². The van der Waals surface area contributed by atoms with Crippen molar-refractivity contribution >= 4 is 21.4 Å². The molecule has 0 heterocycles. The summed E-state index contributed by atoms with van der Waals surface area (Å²) in [4.78, 5) is -0.0429. The molecule has 0 aromatic heterocycles. The van der Waals surface area contributed by atoms with Crippen molar-refractivity contribution in [2.75, 3.05) is 0 Å². The van der Waals surface area contributed by atoms with Crippen LogP contribution in [0.25, 0.3) is 0 Å². The Morgan fingerprint density at radius 2 is 1.71 bits per heavy atom. The van der Waals surface area contributed by atoms with Crippen molar-refractivity contribution < 1.29 is 17.5 Å². The topological polar surface area (TPSA) is 43.4 Å². The average molecular weight is 362 g/mol. The van der Waals surface area contributed by atoms with Crippen LogP contribution in [0.3, 0.4) is 0 Å². The lowest BCUT2D eigenvalue weighted by Crippen LogP contribution is -2.02. The largest absolute Gasteiger partial charge is 0.454 e. The van der Waals surface area contributed by atoms with Gasteiger partial charge in [-0.25, -0.2) is 12.8 Å². The summed E-state index contributed by atoms with van der Waals surface area (Å²) in [5.41, 5.74) is 0. The highest BCUT2D eigenvalue weighted by Crippen LogP contribution is 2.29. The number of rotatable bonds is 4. The van der Waals surface area contributed by atoms with Gasteiger partial charge in [-0.1, -0.05) is 29.8 Å². The third-order valence-corrected chi connectivity index (χ3v) is 5.21. The Balaban J connectivity index is 1.93. The molecule has 121 valence electrons. The Morgan fingerprint density at radius 3 is 2.38 bits per heavy atom. The van der Waals surface area contributed by atoms with Crippen LogP contribution in [0.15, 0.2) is 76.5 Å². The van der Waals surface area contributed by atoms with Crippen LogP contribution in [0.4, 0.5) is 4.39 Å². The predicted octanol–water partition coefficient (Wildman–Crippen LogP) is 4.90. The highest BCUT2D eigenvalue weighted by Gasteiger charge is 2.19. The van der Waals surface area contributed by atoms with E-state index in [1.165, 1.54) is 36.4 Å². The molecule has 0 unspecified atom stereocenters. The maximum atomic E-state index is 14.2. The summed E-state index contributed by atoms with van der Waals surface area (Å²) in [5.74, 6) is -0.579. The summed E-state index contributed by atoms with van der Waals surface area (Å²) in [6.45, 7) is 0. The molecule has 1 radical (unpaired) electrons. The standard InChI is InChI=1S/C18H11ClFO3S/c19-13-5-4-6-14(11-13)23-18-10-9-16(12-17(18)20)24(21,22)15-7-2-1-3-8-15/h1-3,5-12H. The van der Waals surface area contributed by atoms with Gasteiger partial charge in [-0.05, 0) is 54.6 Å². The van der Waals surface area contributed by atoms with E-state index in [0.29, 0.717) is 10.8 Å². The summed E-state index contributed by atoms with van der Waals surface area (Å²) < 4.78 is 44.6. The quantitative estimate of drug-likeness (QED) is 0.663. The van der Waals surface area contributed by atoms with E-state index < -0.39 is 15.7 Å². The van der Waals surface area contributed by atoms with Gasteiger partial charge in [0, 0.05) is 5.02 Å². The van der Waals surface area contributed by atoms with Gasteiger partial charge in [-0.15, -0.1) is 0 Å². The van der Waals surface area contributed by atoms with E-state index in [4.69, 9.17) is 16.3 Å².